The molecule has 2 aromatic rings. The van der Waals surface area contributed by atoms with Crippen LogP contribution in [0.4, 0.5) is 4.39 Å². The molecule has 0 saturated carbocycles. The van der Waals surface area contributed by atoms with Crippen LogP contribution in [0.25, 0.3) is 0 Å². The van der Waals surface area contributed by atoms with E-state index in [1.54, 1.807) is 37.4 Å². The molecule has 5 heteroatoms. The van der Waals surface area contributed by atoms with Crippen molar-refractivity contribution in [3.63, 3.8) is 0 Å². The molecule has 2 N–H and O–H groups in total. The Hall–Kier alpha value is -1.72. The highest BCUT2D eigenvalue weighted by molar-refractivity contribution is 7.84. The SMILES string of the molecule is COc1cccc(S(=O)Cc2cc(F)ccc2CN)c1. The molecule has 0 heterocycles. The number of hydrogen-bond acceptors (Lipinski definition) is 3. The zero-order valence-corrected chi connectivity index (χ0v) is 12.0. The molecule has 0 amide bonds. The van der Waals surface area contributed by atoms with Crippen molar-refractivity contribution in [3.8, 4) is 5.75 Å². The molecule has 0 spiro atoms. The summed E-state index contributed by atoms with van der Waals surface area (Å²) in [4.78, 5) is 0.650. The summed E-state index contributed by atoms with van der Waals surface area (Å²) >= 11 is 0. The minimum absolute atomic E-state index is 0.234. The fourth-order valence-corrected chi connectivity index (χ4v) is 3.09. The molecule has 0 fully saturated rings. The molecule has 20 heavy (non-hydrogen) atoms. The van der Waals surface area contributed by atoms with Gasteiger partial charge in [0.05, 0.1) is 23.7 Å². The Morgan fingerprint density at radius 2 is 2.00 bits per heavy atom. The molecule has 1 unspecified atom stereocenters. The number of ether oxygens (including phenoxy) is 1. The number of rotatable bonds is 5. The first-order chi connectivity index (χ1) is 9.63. The maximum absolute atomic E-state index is 13.3. The van der Waals surface area contributed by atoms with E-state index in [0.29, 0.717) is 22.8 Å². The molecule has 0 saturated heterocycles. The average molecular weight is 293 g/mol. The van der Waals surface area contributed by atoms with Crippen LogP contribution in [0, 0.1) is 5.82 Å². The van der Waals surface area contributed by atoms with Crippen LogP contribution in [-0.2, 0) is 23.1 Å². The van der Waals surface area contributed by atoms with E-state index >= 15 is 0 Å². The van der Waals surface area contributed by atoms with Crippen LogP contribution in [0.1, 0.15) is 11.1 Å². The summed E-state index contributed by atoms with van der Waals surface area (Å²) in [6.45, 7) is 0.297. The van der Waals surface area contributed by atoms with Crippen molar-refractivity contribution in [2.45, 2.75) is 17.2 Å². The lowest BCUT2D eigenvalue weighted by molar-refractivity contribution is 0.413. The highest BCUT2D eigenvalue weighted by Crippen LogP contribution is 2.20. The topological polar surface area (TPSA) is 52.3 Å². The maximum atomic E-state index is 13.3. The Morgan fingerprint density at radius 1 is 1.20 bits per heavy atom. The zero-order chi connectivity index (χ0) is 14.5. The third kappa shape index (κ3) is 3.43. The molecule has 0 aliphatic rings. The lowest BCUT2D eigenvalue weighted by Crippen LogP contribution is -2.05. The maximum Gasteiger partial charge on any atom is 0.123 e. The first-order valence-electron chi connectivity index (χ1n) is 6.14. The van der Waals surface area contributed by atoms with Gasteiger partial charge in [-0.3, -0.25) is 4.21 Å². The number of benzene rings is 2. The van der Waals surface area contributed by atoms with E-state index in [1.165, 1.54) is 12.1 Å². The van der Waals surface area contributed by atoms with Gasteiger partial charge in [0.1, 0.15) is 11.6 Å². The van der Waals surface area contributed by atoms with E-state index < -0.39 is 10.8 Å². The normalized spacial score (nSPS) is 12.2. The highest BCUT2D eigenvalue weighted by Gasteiger charge is 2.10. The van der Waals surface area contributed by atoms with Crippen molar-refractivity contribution in [3.05, 3.63) is 59.4 Å². The monoisotopic (exact) mass is 293 g/mol. The molecule has 106 valence electrons. The van der Waals surface area contributed by atoms with Crippen LogP contribution in [0.2, 0.25) is 0 Å². The van der Waals surface area contributed by atoms with E-state index in [9.17, 15) is 8.60 Å². The van der Waals surface area contributed by atoms with Gasteiger partial charge in [0.15, 0.2) is 0 Å². The van der Waals surface area contributed by atoms with Crippen LogP contribution in [0.5, 0.6) is 5.75 Å². The number of hydrogen-bond donors (Lipinski definition) is 1. The summed E-state index contributed by atoms with van der Waals surface area (Å²) < 4.78 is 30.8. The van der Waals surface area contributed by atoms with Gasteiger partial charge in [-0.05, 0) is 41.5 Å². The average Bonchev–Trinajstić information content (AvgIpc) is 2.47. The van der Waals surface area contributed by atoms with Crippen molar-refractivity contribution < 1.29 is 13.3 Å². The minimum Gasteiger partial charge on any atom is -0.497 e. The first kappa shape index (κ1) is 14.7. The Morgan fingerprint density at radius 3 is 2.70 bits per heavy atom. The third-order valence-electron chi connectivity index (χ3n) is 2.98. The molecular weight excluding hydrogens is 277 g/mol. The Bertz CT molecular complexity index is 631. The Kier molecular flexibility index (Phi) is 4.87. The molecule has 3 nitrogen and oxygen atoms in total. The largest absolute Gasteiger partial charge is 0.497 e. The second-order valence-electron chi connectivity index (χ2n) is 4.29. The van der Waals surface area contributed by atoms with E-state index in [-0.39, 0.29) is 11.6 Å². The van der Waals surface area contributed by atoms with Crippen molar-refractivity contribution in [1.29, 1.82) is 0 Å². The van der Waals surface area contributed by atoms with Crippen molar-refractivity contribution in [1.82, 2.24) is 0 Å². The molecular formula is C15H16FNO2S. The zero-order valence-electron chi connectivity index (χ0n) is 11.1. The fraction of sp³-hybridized carbons (Fsp3) is 0.200. The summed E-state index contributed by atoms with van der Waals surface area (Å²) in [6, 6.07) is 11.4. The van der Waals surface area contributed by atoms with E-state index in [1.807, 2.05) is 0 Å². The van der Waals surface area contributed by atoms with Gasteiger partial charge in [-0.2, -0.15) is 0 Å². The summed E-state index contributed by atoms with van der Waals surface area (Å²) in [5.41, 5.74) is 7.10. The molecule has 0 bridgehead atoms. The van der Waals surface area contributed by atoms with E-state index in [0.717, 1.165) is 5.56 Å². The Labute approximate surface area is 120 Å². The number of methoxy groups -OCH3 is 1. The van der Waals surface area contributed by atoms with Crippen LogP contribution in [0.3, 0.4) is 0 Å². The van der Waals surface area contributed by atoms with E-state index in [2.05, 4.69) is 0 Å². The second kappa shape index (κ2) is 6.63. The van der Waals surface area contributed by atoms with Gasteiger partial charge in [-0.25, -0.2) is 4.39 Å². The molecule has 0 aliphatic heterocycles. The number of nitrogens with two attached hydrogens (primary N) is 1. The first-order valence-corrected chi connectivity index (χ1v) is 7.45. The summed E-state index contributed by atoms with van der Waals surface area (Å²) in [5.74, 6) is 0.534. The standard InChI is InChI=1S/C15H16FNO2S/c1-19-14-3-2-4-15(8-14)20(18)10-12-7-13(16)6-5-11(12)9-17/h2-8H,9-10,17H2,1H3. The van der Waals surface area contributed by atoms with Gasteiger partial charge < -0.3 is 10.5 Å². The van der Waals surface area contributed by atoms with Gasteiger partial charge in [-0.1, -0.05) is 12.1 Å². The summed E-state index contributed by atoms with van der Waals surface area (Å²) in [5, 5.41) is 0. The third-order valence-corrected chi connectivity index (χ3v) is 4.33. The smallest absolute Gasteiger partial charge is 0.123 e. The quantitative estimate of drug-likeness (QED) is 0.922. The van der Waals surface area contributed by atoms with Crippen LogP contribution >= 0.6 is 0 Å². The lowest BCUT2D eigenvalue weighted by atomic mass is 10.1. The van der Waals surface area contributed by atoms with Gasteiger partial charge in [-0.15, -0.1) is 0 Å². The lowest BCUT2D eigenvalue weighted by Gasteiger charge is -2.09. The highest BCUT2D eigenvalue weighted by atomic mass is 32.2. The molecule has 2 aromatic carbocycles. The fourth-order valence-electron chi connectivity index (χ4n) is 1.90. The van der Waals surface area contributed by atoms with Crippen LogP contribution in [0.15, 0.2) is 47.4 Å². The molecule has 2 rings (SSSR count). The van der Waals surface area contributed by atoms with Crippen molar-refractivity contribution >= 4 is 10.8 Å². The van der Waals surface area contributed by atoms with Crippen LogP contribution < -0.4 is 10.5 Å². The number of halogens is 1. The van der Waals surface area contributed by atoms with Gasteiger partial charge in [0.2, 0.25) is 0 Å². The van der Waals surface area contributed by atoms with Gasteiger partial charge >= 0.3 is 0 Å². The summed E-state index contributed by atoms with van der Waals surface area (Å²) in [7, 11) is 0.288. The predicted molar refractivity (Wildman–Crippen MR) is 77.4 cm³/mol. The van der Waals surface area contributed by atoms with Crippen LogP contribution in [-0.4, -0.2) is 11.3 Å². The molecule has 0 aliphatic carbocycles. The van der Waals surface area contributed by atoms with Crippen molar-refractivity contribution in [2.24, 2.45) is 5.73 Å². The van der Waals surface area contributed by atoms with Gasteiger partial charge in [0.25, 0.3) is 0 Å². The molecule has 1 atom stereocenters. The van der Waals surface area contributed by atoms with Crippen molar-refractivity contribution in [2.75, 3.05) is 7.11 Å². The molecule has 0 radical (unpaired) electrons. The molecule has 0 aromatic heterocycles. The second-order valence-corrected chi connectivity index (χ2v) is 5.74. The Balaban J connectivity index is 2.25. The van der Waals surface area contributed by atoms with E-state index in [4.69, 9.17) is 10.5 Å². The minimum atomic E-state index is -1.27. The summed E-state index contributed by atoms with van der Waals surface area (Å²) in [6.07, 6.45) is 0. The van der Waals surface area contributed by atoms with Gasteiger partial charge in [0, 0.05) is 11.4 Å². The predicted octanol–water partition coefficient (Wildman–Crippen LogP) is 2.60.